The average molecular weight is 248 g/mol. The van der Waals surface area contributed by atoms with Crippen LogP contribution in [0, 0.1) is 20.8 Å². The minimum absolute atomic E-state index is 0.813. The van der Waals surface area contributed by atoms with E-state index in [1.807, 2.05) is 25.1 Å². The van der Waals surface area contributed by atoms with Gasteiger partial charge in [-0.3, -0.25) is 0 Å². The highest BCUT2D eigenvalue weighted by atomic mass is 14.9. The van der Waals surface area contributed by atoms with Crippen LogP contribution in [0.3, 0.4) is 0 Å². The molecule has 0 fully saturated rings. The van der Waals surface area contributed by atoms with E-state index in [-0.39, 0.29) is 0 Å². The summed E-state index contributed by atoms with van der Waals surface area (Å²) >= 11 is 0. The summed E-state index contributed by atoms with van der Waals surface area (Å²) in [6, 6.07) is 14.7. The number of para-hydroxylation sites is 1. The van der Waals surface area contributed by atoms with Gasteiger partial charge in [0.1, 0.15) is 5.82 Å². The lowest BCUT2D eigenvalue weighted by molar-refractivity contribution is 1.09. The van der Waals surface area contributed by atoms with Crippen LogP contribution in [0.15, 0.2) is 42.5 Å². The average Bonchev–Trinajstić information content (AvgIpc) is 2.36. The van der Waals surface area contributed by atoms with E-state index in [4.69, 9.17) is 0 Å². The molecular weight excluding hydrogens is 232 g/mol. The number of rotatable bonds is 1. The summed E-state index contributed by atoms with van der Waals surface area (Å²) in [6.07, 6.45) is 0. The summed E-state index contributed by atoms with van der Waals surface area (Å²) in [5, 5.41) is 1.11. The topological polar surface area (TPSA) is 25.8 Å². The van der Waals surface area contributed by atoms with Gasteiger partial charge in [-0.05, 0) is 39.0 Å². The zero-order valence-corrected chi connectivity index (χ0v) is 11.4. The quantitative estimate of drug-likeness (QED) is 0.644. The molecule has 0 unspecified atom stereocenters. The van der Waals surface area contributed by atoms with Crippen molar-refractivity contribution in [2.75, 3.05) is 0 Å². The van der Waals surface area contributed by atoms with Crippen molar-refractivity contribution in [1.29, 1.82) is 0 Å². The van der Waals surface area contributed by atoms with Gasteiger partial charge in [0.2, 0.25) is 0 Å². The molecule has 0 aliphatic rings. The Morgan fingerprint density at radius 3 is 2.21 bits per heavy atom. The van der Waals surface area contributed by atoms with Gasteiger partial charge in [-0.15, -0.1) is 0 Å². The molecule has 2 aromatic carbocycles. The van der Waals surface area contributed by atoms with E-state index in [9.17, 15) is 0 Å². The molecule has 1 aromatic heterocycles. The lowest BCUT2D eigenvalue weighted by Gasteiger charge is -2.09. The highest BCUT2D eigenvalue weighted by Crippen LogP contribution is 2.27. The van der Waals surface area contributed by atoms with Crippen molar-refractivity contribution in [2.45, 2.75) is 20.8 Å². The first kappa shape index (κ1) is 11.8. The van der Waals surface area contributed by atoms with Crippen LogP contribution in [0.5, 0.6) is 0 Å². The number of aryl methyl sites for hydroxylation is 3. The molecule has 2 nitrogen and oxygen atoms in total. The highest BCUT2D eigenvalue weighted by molar-refractivity contribution is 5.92. The second-order valence-corrected chi connectivity index (χ2v) is 5.01. The first-order valence-electron chi connectivity index (χ1n) is 6.45. The zero-order chi connectivity index (χ0) is 13.4. The van der Waals surface area contributed by atoms with E-state index in [0.29, 0.717) is 0 Å². The van der Waals surface area contributed by atoms with Crippen molar-refractivity contribution in [3.05, 3.63) is 59.4 Å². The summed E-state index contributed by atoms with van der Waals surface area (Å²) in [7, 11) is 0. The van der Waals surface area contributed by atoms with Crippen molar-refractivity contribution < 1.29 is 0 Å². The third-order valence-electron chi connectivity index (χ3n) is 3.21. The van der Waals surface area contributed by atoms with Crippen molar-refractivity contribution in [3.8, 4) is 11.3 Å². The highest BCUT2D eigenvalue weighted by Gasteiger charge is 2.08. The van der Waals surface area contributed by atoms with Crippen LogP contribution in [0.2, 0.25) is 0 Å². The predicted molar refractivity (Wildman–Crippen MR) is 79.2 cm³/mol. The number of fused-ring (bicyclic) bond motifs is 1. The van der Waals surface area contributed by atoms with Crippen LogP contribution < -0.4 is 0 Å². The third kappa shape index (κ3) is 2.22. The molecule has 0 N–H and O–H groups in total. The smallest absolute Gasteiger partial charge is 0.126 e. The fourth-order valence-electron chi connectivity index (χ4n) is 2.52. The maximum absolute atomic E-state index is 4.64. The molecule has 0 bridgehead atoms. The molecule has 0 saturated heterocycles. The molecule has 0 radical (unpaired) electrons. The zero-order valence-electron chi connectivity index (χ0n) is 11.4. The molecule has 19 heavy (non-hydrogen) atoms. The minimum Gasteiger partial charge on any atom is -0.233 e. The summed E-state index contributed by atoms with van der Waals surface area (Å²) in [5.74, 6) is 0.813. The van der Waals surface area contributed by atoms with E-state index in [2.05, 4.69) is 48.1 Å². The lowest BCUT2D eigenvalue weighted by Crippen LogP contribution is -1.94. The first-order valence-corrected chi connectivity index (χ1v) is 6.45. The van der Waals surface area contributed by atoms with E-state index < -0.39 is 0 Å². The van der Waals surface area contributed by atoms with Crippen molar-refractivity contribution in [2.24, 2.45) is 0 Å². The normalized spacial score (nSPS) is 10.9. The predicted octanol–water partition coefficient (Wildman–Crippen LogP) is 4.22. The Kier molecular flexibility index (Phi) is 2.79. The molecule has 0 aliphatic heterocycles. The molecule has 94 valence electrons. The summed E-state index contributed by atoms with van der Waals surface area (Å²) in [5.41, 5.74) is 5.71. The summed E-state index contributed by atoms with van der Waals surface area (Å²) < 4.78 is 0. The first-order chi connectivity index (χ1) is 9.13. The second-order valence-electron chi connectivity index (χ2n) is 5.01. The number of benzene rings is 2. The Bertz CT molecular complexity index is 740. The molecule has 3 rings (SSSR count). The fourth-order valence-corrected chi connectivity index (χ4v) is 2.52. The molecular formula is C17H16N2. The second kappa shape index (κ2) is 4.47. The molecule has 0 atom stereocenters. The van der Waals surface area contributed by atoms with Crippen LogP contribution in [-0.4, -0.2) is 9.97 Å². The van der Waals surface area contributed by atoms with Gasteiger partial charge in [-0.2, -0.15) is 0 Å². The van der Waals surface area contributed by atoms with Crippen LogP contribution in [-0.2, 0) is 0 Å². The van der Waals surface area contributed by atoms with E-state index in [1.54, 1.807) is 0 Å². The lowest BCUT2D eigenvalue weighted by atomic mass is 10.0. The molecule has 2 heteroatoms. The Hall–Kier alpha value is -2.22. The Balaban J connectivity index is 2.35. The van der Waals surface area contributed by atoms with Gasteiger partial charge in [0.25, 0.3) is 0 Å². The van der Waals surface area contributed by atoms with Crippen molar-refractivity contribution in [1.82, 2.24) is 9.97 Å². The van der Waals surface area contributed by atoms with Gasteiger partial charge in [0.15, 0.2) is 0 Å². The van der Waals surface area contributed by atoms with Gasteiger partial charge in [-0.25, -0.2) is 9.97 Å². The van der Waals surface area contributed by atoms with E-state index in [1.165, 1.54) is 16.7 Å². The molecule has 3 aromatic rings. The van der Waals surface area contributed by atoms with Crippen molar-refractivity contribution >= 4 is 10.9 Å². The SMILES string of the molecule is Cc1cc(C)cc(-c2nc(C)nc3ccccc23)c1. The maximum atomic E-state index is 4.64. The Morgan fingerprint density at radius 2 is 1.47 bits per heavy atom. The molecule has 0 aliphatic carbocycles. The molecule has 1 heterocycles. The number of aromatic nitrogens is 2. The number of hydrogen-bond donors (Lipinski definition) is 0. The number of nitrogens with zero attached hydrogens (tertiary/aromatic N) is 2. The van der Waals surface area contributed by atoms with Crippen LogP contribution in [0.25, 0.3) is 22.2 Å². The third-order valence-corrected chi connectivity index (χ3v) is 3.21. The minimum atomic E-state index is 0.813. The standard InChI is InChI=1S/C17H16N2/c1-11-8-12(2)10-14(9-11)17-15-6-4-5-7-16(15)18-13(3)19-17/h4-10H,1-3H3. The Labute approximate surface area is 113 Å². The van der Waals surface area contributed by atoms with Gasteiger partial charge >= 0.3 is 0 Å². The maximum Gasteiger partial charge on any atom is 0.126 e. The molecule has 0 amide bonds. The van der Waals surface area contributed by atoms with Crippen molar-refractivity contribution in [3.63, 3.8) is 0 Å². The number of hydrogen-bond acceptors (Lipinski definition) is 2. The van der Waals surface area contributed by atoms with E-state index in [0.717, 1.165) is 22.4 Å². The summed E-state index contributed by atoms with van der Waals surface area (Å²) in [6.45, 7) is 6.18. The van der Waals surface area contributed by atoms with Gasteiger partial charge in [-0.1, -0.05) is 35.4 Å². The van der Waals surface area contributed by atoms with Crippen LogP contribution >= 0.6 is 0 Å². The van der Waals surface area contributed by atoms with Crippen LogP contribution in [0.1, 0.15) is 17.0 Å². The van der Waals surface area contributed by atoms with Gasteiger partial charge in [0, 0.05) is 10.9 Å². The fraction of sp³-hybridized carbons (Fsp3) is 0.176. The monoisotopic (exact) mass is 248 g/mol. The molecule has 0 spiro atoms. The van der Waals surface area contributed by atoms with Gasteiger partial charge in [0.05, 0.1) is 11.2 Å². The van der Waals surface area contributed by atoms with Gasteiger partial charge < -0.3 is 0 Å². The molecule has 0 saturated carbocycles. The summed E-state index contributed by atoms with van der Waals surface area (Å²) in [4.78, 5) is 9.14. The largest absolute Gasteiger partial charge is 0.233 e. The van der Waals surface area contributed by atoms with E-state index >= 15 is 0 Å². The van der Waals surface area contributed by atoms with Crippen LogP contribution in [0.4, 0.5) is 0 Å². The Morgan fingerprint density at radius 1 is 0.789 bits per heavy atom.